The molecule has 2 heterocycles. The van der Waals surface area contributed by atoms with Gasteiger partial charge >= 0.3 is 0 Å². The predicted octanol–water partition coefficient (Wildman–Crippen LogP) is 5.05. The number of pyridine rings is 1. The van der Waals surface area contributed by atoms with Crippen LogP contribution in [0, 0.1) is 20.8 Å². The van der Waals surface area contributed by atoms with Crippen molar-refractivity contribution >= 4 is 34.7 Å². The molecule has 6 heteroatoms. The normalized spacial score (nSPS) is 13.9. The quantitative estimate of drug-likeness (QED) is 0.574. The van der Waals surface area contributed by atoms with Gasteiger partial charge in [0.15, 0.2) is 0 Å². The van der Waals surface area contributed by atoms with Crippen molar-refractivity contribution in [1.82, 2.24) is 9.88 Å². The number of hydrogen-bond donors (Lipinski definition) is 1. The summed E-state index contributed by atoms with van der Waals surface area (Å²) in [6.07, 6.45) is 1.65. The molecule has 0 saturated carbocycles. The maximum absolute atomic E-state index is 13.4. The fourth-order valence-electron chi connectivity index (χ4n) is 3.53. The minimum Gasteiger partial charge on any atom is -0.350 e. The van der Waals surface area contributed by atoms with E-state index in [0.29, 0.717) is 27.5 Å². The van der Waals surface area contributed by atoms with Crippen molar-refractivity contribution in [2.24, 2.45) is 0 Å². The molecule has 1 aliphatic heterocycles. The van der Waals surface area contributed by atoms with Crippen molar-refractivity contribution in [2.45, 2.75) is 27.3 Å². The summed E-state index contributed by atoms with van der Waals surface area (Å²) < 4.78 is 0. The fraction of sp³-hybridized carbons (Fsp3) is 0.160. The Morgan fingerprint density at radius 2 is 1.74 bits per heavy atom. The molecular weight excluding hydrogens is 410 g/mol. The first-order valence-electron chi connectivity index (χ1n) is 9.97. The molecule has 2 amide bonds. The third-order valence-corrected chi connectivity index (χ3v) is 5.95. The molecule has 0 saturated heterocycles. The highest BCUT2D eigenvalue weighted by Gasteiger charge is 2.39. The summed E-state index contributed by atoms with van der Waals surface area (Å²) in [5.74, 6) is -0.732. The van der Waals surface area contributed by atoms with E-state index in [-0.39, 0.29) is 24.1 Å². The van der Waals surface area contributed by atoms with E-state index in [0.717, 1.165) is 16.7 Å². The molecule has 1 aliphatic rings. The highest BCUT2D eigenvalue weighted by molar-refractivity contribution is 6.36. The Hall–Kier alpha value is -3.44. The SMILES string of the molecule is Cc1ccc(C2=C(Nc3cccc(Cl)c3C)C(=O)N(Cc3ccccn3)C2=O)cc1C. The molecule has 0 bridgehead atoms. The number of benzene rings is 2. The summed E-state index contributed by atoms with van der Waals surface area (Å²) in [7, 11) is 0. The van der Waals surface area contributed by atoms with Crippen LogP contribution in [0.1, 0.15) is 27.9 Å². The molecule has 5 nitrogen and oxygen atoms in total. The third-order valence-electron chi connectivity index (χ3n) is 5.54. The average Bonchev–Trinajstić information content (AvgIpc) is 2.98. The summed E-state index contributed by atoms with van der Waals surface area (Å²) in [4.78, 5) is 32.3. The van der Waals surface area contributed by atoms with Gasteiger partial charge in [-0.25, -0.2) is 0 Å². The molecule has 2 aromatic carbocycles. The van der Waals surface area contributed by atoms with Gasteiger partial charge in [0.1, 0.15) is 5.70 Å². The lowest BCUT2D eigenvalue weighted by atomic mass is 9.99. The molecular formula is C25H22ClN3O2. The summed E-state index contributed by atoms with van der Waals surface area (Å²) in [5, 5.41) is 3.78. The van der Waals surface area contributed by atoms with E-state index in [1.54, 1.807) is 30.5 Å². The average molecular weight is 432 g/mol. The van der Waals surface area contributed by atoms with Crippen LogP contribution in [0.4, 0.5) is 5.69 Å². The Morgan fingerprint density at radius 1 is 0.935 bits per heavy atom. The van der Waals surface area contributed by atoms with Crippen molar-refractivity contribution in [1.29, 1.82) is 0 Å². The second kappa shape index (κ2) is 8.36. The molecule has 31 heavy (non-hydrogen) atoms. The molecule has 156 valence electrons. The van der Waals surface area contributed by atoms with Crippen molar-refractivity contribution in [2.75, 3.05) is 5.32 Å². The first kappa shape index (κ1) is 20.8. The van der Waals surface area contributed by atoms with Gasteiger partial charge in [-0.05, 0) is 67.3 Å². The zero-order valence-corrected chi connectivity index (χ0v) is 18.3. The molecule has 0 fully saturated rings. The van der Waals surface area contributed by atoms with Crippen LogP contribution in [0.15, 0.2) is 66.5 Å². The van der Waals surface area contributed by atoms with E-state index in [1.807, 2.05) is 51.1 Å². The summed E-state index contributed by atoms with van der Waals surface area (Å²) in [6.45, 7) is 5.97. The Morgan fingerprint density at radius 3 is 2.45 bits per heavy atom. The molecule has 1 N–H and O–H groups in total. The first-order chi connectivity index (χ1) is 14.9. The molecule has 0 unspecified atom stereocenters. The van der Waals surface area contributed by atoms with Crippen molar-refractivity contribution in [3.8, 4) is 0 Å². The van der Waals surface area contributed by atoms with Crippen molar-refractivity contribution in [3.63, 3.8) is 0 Å². The molecule has 1 aromatic heterocycles. The van der Waals surface area contributed by atoms with E-state index in [2.05, 4.69) is 10.3 Å². The largest absolute Gasteiger partial charge is 0.350 e. The van der Waals surface area contributed by atoms with E-state index in [4.69, 9.17) is 11.6 Å². The number of anilines is 1. The van der Waals surface area contributed by atoms with Crippen LogP contribution in [-0.4, -0.2) is 21.7 Å². The van der Waals surface area contributed by atoms with Gasteiger partial charge < -0.3 is 5.32 Å². The van der Waals surface area contributed by atoms with Crippen LogP contribution in [0.2, 0.25) is 5.02 Å². The maximum Gasteiger partial charge on any atom is 0.278 e. The van der Waals surface area contributed by atoms with Crippen LogP contribution < -0.4 is 5.32 Å². The Labute approximate surface area is 186 Å². The predicted molar refractivity (Wildman–Crippen MR) is 122 cm³/mol. The number of carbonyl (C=O) groups excluding carboxylic acids is 2. The number of imide groups is 1. The number of rotatable bonds is 5. The van der Waals surface area contributed by atoms with E-state index >= 15 is 0 Å². The second-order valence-electron chi connectivity index (χ2n) is 7.60. The minimum atomic E-state index is -0.386. The lowest BCUT2D eigenvalue weighted by Gasteiger charge is -2.15. The van der Waals surface area contributed by atoms with Crippen LogP contribution >= 0.6 is 11.6 Å². The van der Waals surface area contributed by atoms with Gasteiger partial charge in [-0.1, -0.05) is 41.9 Å². The second-order valence-corrected chi connectivity index (χ2v) is 8.01. The van der Waals surface area contributed by atoms with Crippen molar-refractivity contribution < 1.29 is 9.59 Å². The lowest BCUT2D eigenvalue weighted by Crippen LogP contribution is -2.32. The monoisotopic (exact) mass is 431 g/mol. The van der Waals surface area contributed by atoms with Crippen LogP contribution in [0.5, 0.6) is 0 Å². The van der Waals surface area contributed by atoms with Gasteiger partial charge in [0.2, 0.25) is 0 Å². The zero-order valence-electron chi connectivity index (χ0n) is 17.6. The highest BCUT2D eigenvalue weighted by Crippen LogP contribution is 2.33. The van der Waals surface area contributed by atoms with Gasteiger partial charge in [0.05, 0.1) is 17.8 Å². The zero-order chi connectivity index (χ0) is 22.1. The number of nitrogens with one attached hydrogen (secondary N) is 1. The number of halogens is 1. The summed E-state index contributed by atoms with van der Waals surface area (Å²) in [6, 6.07) is 16.6. The number of carbonyl (C=O) groups is 2. The molecule has 0 spiro atoms. The van der Waals surface area contributed by atoms with Gasteiger partial charge in [0, 0.05) is 16.9 Å². The lowest BCUT2D eigenvalue weighted by molar-refractivity contribution is -0.137. The van der Waals surface area contributed by atoms with Gasteiger partial charge in [-0.15, -0.1) is 0 Å². The van der Waals surface area contributed by atoms with Gasteiger partial charge in [0.25, 0.3) is 11.8 Å². The van der Waals surface area contributed by atoms with Crippen LogP contribution in [-0.2, 0) is 16.1 Å². The molecule has 3 aromatic rings. The van der Waals surface area contributed by atoms with Gasteiger partial charge in [-0.2, -0.15) is 0 Å². The number of hydrogen-bond acceptors (Lipinski definition) is 4. The summed E-state index contributed by atoms with van der Waals surface area (Å²) in [5.41, 5.74) is 5.59. The number of aromatic nitrogens is 1. The van der Waals surface area contributed by atoms with E-state index in [1.165, 1.54) is 4.90 Å². The molecule has 4 rings (SSSR count). The maximum atomic E-state index is 13.4. The smallest absolute Gasteiger partial charge is 0.278 e. The van der Waals surface area contributed by atoms with E-state index in [9.17, 15) is 9.59 Å². The number of nitrogens with zero attached hydrogens (tertiary/aromatic N) is 2. The number of amides is 2. The molecule has 0 radical (unpaired) electrons. The third kappa shape index (κ3) is 3.97. The van der Waals surface area contributed by atoms with Crippen LogP contribution in [0.3, 0.4) is 0 Å². The Bertz CT molecular complexity index is 1220. The summed E-state index contributed by atoms with van der Waals surface area (Å²) >= 11 is 6.27. The standard InChI is InChI=1S/C25H22ClN3O2/c1-15-10-11-18(13-16(15)2)22-23(28-21-9-6-8-20(26)17(21)3)25(31)29(24(22)30)14-19-7-4-5-12-27-19/h4-13,28H,14H2,1-3H3. The Kier molecular flexibility index (Phi) is 5.61. The molecule has 0 aliphatic carbocycles. The Balaban J connectivity index is 1.80. The van der Waals surface area contributed by atoms with Gasteiger partial charge in [-0.3, -0.25) is 19.5 Å². The van der Waals surface area contributed by atoms with Crippen molar-refractivity contribution in [3.05, 3.63) is 99.5 Å². The fourth-order valence-corrected chi connectivity index (χ4v) is 3.71. The number of aryl methyl sites for hydroxylation is 2. The van der Waals surface area contributed by atoms with Crippen LogP contribution in [0.25, 0.3) is 5.57 Å². The highest BCUT2D eigenvalue weighted by atomic mass is 35.5. The molecule has 0 atom stereocenters. The van der Waals surface area contributed by atoms with E-state index < -0.39 is 0 Å². The minimum absolute atomic E-state index is 0.104. The topological polar surface area (TPSA) is 62.3 Å². The first-order valence-corrected chi connectivity index (χ1v) is 10.3.